The number of hydrogen-bond acceptors (Lipinski definition) is 2. The van der Waals surface area contributed by atoms with E-state index in [1.165, 1.54) is 0 Å². The summed E-state index contributed by atoms with van der Waals surface area (Å²) in [7, 11) is 0. The van der Waals surface area contributed by atoms with Crippen molar-refractivity contribution in [3.8, 4) is 0 Å². The molecule has 1 amide bonds. The fourth-order valence-corrected chi connectivity index (χ4v) is 1.87. The van der Waals surface area contributed by atoms with E-state index in [4.69, 9.17) is 18.0 Å². The number of halogens is 2. The van der Waals surface area contributed by atoms with Crippen LogP contribution in [0.2, 0.25) is 0 Å². The van der Waals surface area contributed by atoms with Gasteiger partial charge in [-0.25, -0.2) is 8.78 Å². The van der Waals surface area contributed by atoms with Crippen LogP contribution in [0.3, 0.4) is 0 Å². The van der Waals surface area contributed by atoms with Gasteiger partial charge in [0.2, 0.25) is 0 Å². The molecule has 0 radical (unpaired) electrons. The molecule has 0 saturated heterocycles. The highest BCUT2D eigenvalue weighted by Gasteiger charge is 2.12. The normalized spacial score (nSPS) is 10.2. The van der Waals surface area contributed by atoms with E-state index in [9.17, 15) is 13.6 Å². The highest BCUT2D eigenvalue weighted by molar-refractivity contribution is 7.80. The minimum Gasteiger partial charge on any atom is -0.389 e. The Bertz CT molecular complexity index is 687. The third-order valence-electron chi connectivity index (χ3n) is 2.86. The number of amides is 1. The van der Waals surface area contributed by atoms with Crippen LogP contribution in [0.1, 0.15) is 21.5 Å². The van der Waals surface area contributed by atoms with Gasteiger partial charge in [-0.1, -0.05) is 36.5 Å². The Labute approximate surface area is 125 Å². The summed E-state index contributed by atoms with van der Waals surface area (Å²) in [5.74, 6) is -2.11. The summed E-state index contributed by atoms with van der Waals surface area (Å²) < 4.78 is 26.5. The first-order chi connectivity index (χ1) is 9.97. The third-order valence-corrected chi connectivity index (χ3v) is 3.10. The van der Waals surface area contributed by atoms with Gasteiger partial charge in [0.15, 0.2) is 0 Å². The second-order valence-corrected chi connectivity index (χ2v) is 4.81. The summed E-state index contributed by atoms with van der Waals surface area (Å²) in [4.78, 5) is 12.1. The predicted molar refractivity (Wildman–Crippen MR) is 79.9 cm³/mol. The van der Waals surface area contributed by atoms with Crippen molar-refractivity contribution in [2.24, 2.45) is 5.73 Å². The van der Waals surface area contributed by atoms with E-state index < -0.39 is 17.5 Å². The van der Waals surface area contributed by atoms with Crippen molar-refractivity contribution < 1.29 is 13.6 Å². The molecule has 6 heteroatoms. The van der Waals surface area contributed by atoms with E-state index in [0.29, 0.717) is 0 Å². The van der Waals surface area contributed by atoms with Gasteiger partial charge in [0.05, 0.1) is 5.56 Å². The lowest BCUT2D eigenvalue weighted by Crippen LogP contribution is -2.24. The Balaban J connectivity index is 2.04. The van der Waals surface area contributed by atoms with E-state index in [-0.39, 0.29) is 17.1 Å². The highest BCUT2D eigenvalue weighted by atomic mass is 32.1. The predicted octanol–water partition coefficient (Wildman–Crippen LogP) is 2.53. The van der Waals surface area contributed by atoms with Crippen molar-refractivity contribution in [2.45, 2.75) is 6.54 Å². The molecule has 2 aromatic rings. The zero-order valence-electron chi connectivity index (χ0n) is 10.9. The Hall–Kier alpha value is -2.34. The molecule has 2 aromatic carbocycles. The topological polar surface area (TPSA) is 55.1 Å². The van der Waals surface area contributed by atoms with Gasteiger partial charge in [0.1, 0.15) is 16.6 Å². The number of carbonyl (C=O) groups excluding carboxylic acids is 1. The molecule has 0 aliphatic rings. The van der Waals surface area contributed by atoms with Crippen molar-refractivity contribution in [2.75, 3.05) is 0 Å². The van der Waals surface area contributed by atoms with Crippen LogP contribution in [-0.2, 0) is 6.54 Å². The summed E-state index contributed by atoms with van der Waals surface area (Å²) in [5.41, 5.74) is 6.66. The summed E-state index contributed by atoms with van der Waals surface area (Å²) in [6.07, 6.45) is 0. The molecule has 3 N–H and O–H groups in total. The van der Waals surface area contributed by atoms with Crippen molar-refractivity contribution >= 4 is 23.1 Å². The van der Waals surface area contributed by atoms with Crippen LogP contribution in [-0.4, -0.2) is 10.9 Å². The molecule has 0 unspecified atom stereocenters. The Kier molecular flexibility index (Phi) is 4.59. The first-order valence-corrected chi connectivity index (χ1v) is 6.50. The Morgan fingerprint density at radius 1 is 1.14 bits per heavy atom. The van der Waals surface area contributed by atoms with Crippen LogP contribution in [0.5, 0.6) is 0 Å². The number of benzene rings is 2. The monoisotopic (exact) mass is 306 g/mol. The zero-order chi connectivity index (χ0) is 15.4. The Morgan fingerprint density at radius 2 is 1.81 bits per heavy atom. The first-order valence-electron chi connectivity index (χ1n) is 6.09. The lowest BCUT2D eigenvalue weighted by Gasteiger charge is -2.07. The SMILES string of the molecule is NC(=S)c1ccc(CNC(=O)c2cc(F)ccc2F)cc1. The number of nitrogens with one attached hydrogen (secondary N) is 1. The summed E-state index contributed by atoms with van der Waals surface area (Å²) in [5, 5.41) is 2.52. The van der Waals surface area contributed by atoms with Crippen LogP contribution < -0.4 is 11.1 Å². The molecular formula is C15H12F2N2OS. The van der Waals surface area contributed by atoms with Crippen molar-refractivity contribution in [3.05, 3.63) is 70.8 Å². The van der Waals surface area contributed by atoms with Gasteiger partial charge in [-0.2, -0.15) is 0 Å². The quantitative estimate of drug-likeness (QED) is 0.854. The zero-order valence-corrected chi connectivity index (χ0v) is 11.7. The van der Waals surface area contributed by atoms with Crippen LogP contribution in [0.4, 0.5) is 8.78 Å². The average Bonchev–Trinajstić information content (AvgIpc) is 2.47. The molecular weight excluding hydrogens is 294 g/mol. The number of hydrogen-bond donors (Lipinski definition) is 2. The molecule has 0 heterocycles. The van der Waals surface area contributed by atoms with Gasteiger partial charge in [-0.15, -0.1) is 0 Å². The molecule has 0 saturated carbocycles. The molecule has 0 spiro atoms. The van der Waals surface area contributed by atoms with E-state index in [2.05, 4.69) is 5.32 Å². The minimum absolute atomic E-state index is 0.187. The number of rotatable bonds is 4. The molecule has 0 bridgehead atoms. The largest absolute Gasteiger partial charge is 0.389 e. The maximum absolute atomic E-state index is 13.4. The van der Waals surface area contributed by atoms with Gasteiger partial charge in [-0.3, -0.25) is 4.79 Å². The van der Waals surface area contributed by atoms with Crippen molar-refractivity contribution in [3.63, 3.8) is 0 Å². The maximum Gasteiger partial charge on any atom is 0.254 e. The average molecular weight is 306 g/mol. The molecule has 108 valence electrons. The van der Waals surface area contributed by atoms with Crippen LogP contribution >= 0.6 is 12.2 Å². The molecule has 0 aliphatic carbocycles. The molecule has 0 atom stereocenters. The first kappa shape index (κ1) is 15.1. The third kappa shape index (κ3) is 3.82. The molecule has 0 aliphatic heterocycles. The standard InChI is InChI=1S/C15H12F2N2OS/c16-11-5-6-13(17)12(7-11)15(20)19-8-9-1-3-10(4-2-9)14(18)21/h1-7H,8H2,(H2,18,21)(H,19,20). The Morgan fingerprint density at radius 3 is 2.43 bits per heavy atom. The van der Waals surface area contributed by atoms with Gasteiger partial charge in [-0.05, 0) is 23.8 Å². The fourth-order valence-electron chi connectivity index (χ4n) is 1.74. The van der Waals surface area contributed by atoms with Gasteiger partial charge < -0.3 is 11.1 Å². The second kappa shape index (κ2) is 6.41. The smallest absolute Gasteiger partial charge is 0.254 e. The maximum atomic E-state index is 13.4. The van der Waals surface area contributed by atoms with Gasteiger partial charge in [0, 0.05) is 12.1 Å². The molecule has 21 heavy (non-hydrogen) atoms. The van der Waals surface area contributed by atoms with Gasteiger partial charge in [0.25, 0.3) is 5.91 Å². The molecule has 0 fully saturated rings. The van der Waals surface area contributed by atoms with E-state index >= 15 is 0 Å². The van der Waals surface area contributed by atoms with E-state index in [1.54, 1.807) is 24.3 Å². The van der Waals surface area contributed by atoms with Crippen LogP contribution in [0.25, 0.3) is 0 Å². The fraction of sp³-hybridized carbons (Fsp3) is 0.0667. The lowest BCUT2D eigenvalue weighted by atomic mass is 10.1. The van der Waals surface area contributed by atoms with Gasteiger partial charge >= 0.3 is 0 Å². The number of thiocarbonyl (C=S) groups is 1. The van der Waals surface area contributed by atoms with E-state index in [0.717, 1.165) is 29.3 Å². The van der Waals surface area contributed by atoms with Crippen LogP contribution in [0, 0.1) is 11.6 Å². The lowest BCUT2D eigenvalue weighted by molar-refractivity contribution is 0.0946. The van der Waals surface area contributed by atoms with E-state index in [1.807, 2.05) is 0 Å². The molecule has 0 aromatic heterocycles. The summed E-state index contributed by atoms with van der Waals surface area (Å²) in [6, 6.07) is 9.69. The van der Waals surface area contributed by atoms with Crippen LogP contribution in [0.15, 0.2) is 42.5 Å². The molecule has 2 rings (SSSR count). The minimum atomic E-state index is -0.766. The number of nitrogens with two attached hydrogens (primary N) is 1. The van der Waals surface area contributed by atoms with Crippen molar-refractivity contribution in [1.29, 1.82) is 0 Å². The molecule has 3 nitrogen and oxygen atoms in total. The van der Waals surface area contributed by atoms with Crippen molar-refractivity contribution in [1.82, 2.24) is 5.32 Å². The summed E-state index contributed by atoms with van der Waals surface area (Å²) >= 11 is 4.83. The number of carbonyl (C=O) groups is 1. The highest BCUT2D eigenvalue weighted by Crippen LogP contribution is 2.10. The summed E-state index contributed by atoms with van der Waals surface area (Å²) in [6.45, 7) is 0.187. The second-order valence-electron chi connectivity index (χ2n) is 4.37.